The molecule has 0 spiro atoms. The Bertz CT molecular complexity index is 664. The van der Waals surface area contributed by atoms with E-state index >= 15 is 0 Å². The molecule has 2 rings (SSSR count). The van der Waals surface area contributed by atoms with Crippen LogP contribution in [0.4, 0.5) is 0 Å². The predicted molar refractivity (Wildman–Crippen MR) is 81.7 cm³/mol. The van der Waals surface area contributed by atoms with Crippen LogP contribution in [0.2, 0.25) is 0 Å². The second-order valence-corrected chi connectivity index (χ2v) is 5.79. The van der Waals surface area contributed by atoms with Crippen LogP contribution >= 0.6 is 11.3 Å². The van der Waals surface area contributed by atoms with Gasteiger partial charge in [-0.1, -0.05) is 13.8 Å². The molecule has 2 aromatic rings. The van der Waals surface area contributed by atoms with Crippen molar-refractivity contribution in [1.82, 2.24) is 4.98 Å². The number of carboxylic acids is 1. The highest BCUT2D eigenvalue weighted by molar-refractivity contribution is 7.14. The number of hydrogen-bond donors (Lipinski definition) is 1. The van der Waals surface area contributed by atoms with Crippen molar-refractivity contribution in [1.29, 1.82) is 0 Å². The maximum atomic E-state index is 11.4. The maximum Gasteiger partial charge on any atom is 0.348 e. The topological polar surface area (TPSA) is 68.7 Å². The van der Waals surface area contributed by atoms with Gasteiger partial charge in [0.25, 0.3) is 0 Å². The van der Waals surface area contributed by atoms with Crippen molar-refractivity contribution >= 4 is 17.3 Å². The van der Waals surface area contributed by atoms with Gasteiger partial charge in [-0.2, -0.15) is 0 Å². The van der Waals surface area contributed by atoms with Crippen molar-refractivity contribution in [2.45, 2.75) is 19.8 Å². The molecule has 0 bridgehead atoms. The van der Waals surface area contributed by atoms with Crippen LogP contribution in [0.25, 0.3) is 11.3 Å². The summed E-state index contributed by atoms with van der Waals surface area (Å²) in [5, 5.41) is 10.2. The van der Waals surface area contributed by atoms with E-state index in [1.165, 1.54) is 11.3 Å². The number of thiazole rings is 1. The molecule has 0 saturated heterocycles. The Morgan fingerprint density at radius 2 is 1.90 bits per heavy atom. The lowest BCUT2D eigenvalue weighted by atomic mass is 10.1. The molecule has 0 atom stereocenters. The summed E-state index contributed by atoms with van der Waals surface area (Å²) < 4.78 is 10.4. The first-order valence-electron chi connectivity index (χ1n) is 6.44. The molecule has 6 heteroatoms. The first-order valence-corrected chi connectivity index (χ1v) is 7.26. The Hall–Kier alpha value is -2.08. The molecule has 1 aromatic carbocycles. The summed E-state index contributed by atoms with van der Waals surface area (Å²) in [5.74, 6) is 0.356. The zero-order chi connectivity index (χ0) is 15.6. The average molecular weight is 307 g/mol. The number of carboxylic acid groups (broad SMARTS) is 1. The van der Waals surface area contributed by atoms with Gasteiger partial charge < -0.3 is 14.6 Å². The average Bonchev–Trinajstić information content (AvgIpc) is 2.92. The lowest BCUT2D eigenvalue weighted by Gasteiger charge is -2.08. The van der Waals surface area contributed by atoms with Crippen LogP contribution < -0.4 is 9.47 Å². The number of rotatable bonds is 5. The van der Waals surface area contributed by atoms with Crippen LogP contribution in [0.1, 0.15) is 34.4 Å². The molecule has 0 aliphatic carbocycles. The minimum absolute atomic E-state index is 0.182. The number of aromatic carboxylic acids is 1. The van der Waals surface area contributed by atoms with E-state index in [9.17, 15) is 9.90 Å². The van der Waals surface area contributed by atoms with Gasteiger partial charge in [-0.25, -0.2) is 9.78 Å². The van der Waals surface area contributed by atoms with Crippen molar-refractivity contribution in [3.8, 4) is 22.8 Å². The molecule has 0 aliphatic heterocycles. The lowest BCUT2D eigenvalue weighted by molar-refractivity contribution is 0.0702. The Morgan fingerprint density at radius 1 is 1.24 bits per heavy atom. The SMILES string of the molecule is COc1ccc(-c2nc(C(C)C)sc2C(=O)O)cc1OC. The van der Waals surface area contributed by atoms with E-state index in [2.05, 4.69) is 4.98 Å². The van der Waals surface area contributed by atoms with Crippen LogP contribution in [0.3, 0.4) is 0 Å². The van der Waals surface area contributed by atoms with Crippen molar-refractivity contribution in [3.63, 3.8) is 0 Å². The third-order valence-corrected chi connectivity index (χ3v) is 4.33. The molecule has 112 valence electrons. The number of methoxy groups -OCH3 is 2. The Kier molecular flexibility index (Phi) is 4.47. The molecule has 1 aromatic heterocycles. The summed E-state index contributed by atoms with van der Waals surface area (Å²) in [6.07, 6.45) is 0. The zero-order valence-electron chi connectivity index (χ0n) is 12.3. The highest BCUT2D eigenvalue weighted by Crippen LogP contribution is 2.36. The number of aromatic nitrogens is 1. The summed E-state index contributed by atoms with van der Waals surface area (Å²) in [7, 11) is 3.10. The quantitative estimate of drug-likeness (QED) is 0.913. The summed E-state index contributed by atoms with van der Waals surface area (Å²) in [6, 6.07) is 5.27. The molecule has 0 amide bonds. The highest BCUT2D eigenvalue weighted by Gasteiger charge is 2.21. The smallest absolute Gasteiger partial charge is 0.348 e. The molecular formula is C15H17NO4S. The largest absolute Gasteiger partial charge is 0.493 e. The van der Waals surface area contributed by atoms with Gasteiger partial charge in [0.1, 0.15) is 4.88 Å². The van der Waals surface area contributed by atoms with E-state index in [-0.39, 0.29) is 10.8 Å². The molecule has 1 N–H and O–H groups in total. The minimum atomic E-state index is -0.968. The second kappa shape index (κ2) is 6.13. The predicted octanol–water partition coefficient (Wildman–Crippen LogP) is 3.65. The highest BCUT2D eigenvalue weighted by atomic mass is 32.1. The maximum absolute atomic E-state index is 11.4. The van der Waals surface area contributed by atoms with Crippen molar-refractivity contribution in [3.05, 3.63) is 28.1 Å². The van der Waals surface area contributed by atoms with Gasteiger partial charge in [0.05, 0.1) is 24.9 Å². The number of hydrogen-bond acceptors (Lipinski definition) is 5. The Balaban J connectivity index is 2.57. The van der Waals surface area contributed by atoms with E-state index < -0.39 is 5.97 Å². The van der Waals surface area contributed by atoms with Crippen molar-refractivity contribution in [2.24, 2.45) is 0 Å². The van der Waals surface area contributed by atoms with E-state index in [4.69, 9.17) is 9.47 Å². The molecule has 21 heavy (non-hydrogen) atoms. The van der Waals surface area contributed by atoms with Crippen LogP contribution in [0, 0.1) is 0 Å². The normalized spacial score (nSPS) is 10.7. The third-order valence-electron chi connectivity index (χ3n) is 2.99. The van der Waals surface area contributed by atoms with Crippen molar-refractivity contribution < 1.29 is 19.4 Å². The van der Waals surface area contributed by atoms with Crippen LogP contribution in [-0.2, 0) is 0 Å². The van der Waals surface area contributed by atoms with Gasteiger partial charge in [0, 0.05) is 11.5 Å². The molecule has 5 nitrogen and oxygen atoms in total. The number of benzene rings is 1. The standard InChI is InChI=1S/C15H17NO4S/c1-8(2)14-16-12(13(21-14)15(17)18)9-5-6-10(19-3)11(7-9)20-4/h5-8H,1-4H3,(H,17,18). The first kappa shape index (κ1) is 15.3. The fourth-order valence-corrected chi connectivity index (χ4v) is 2.84. The number of carbonyl (C=O) groups is 1. The fourth-order valence-electron chi connectivity index (χ4n) is 1.91. The van der Waals surface area contributed by atoms with Crippen LogP contribution in [0.5, 0.6) is 11.5 Å². The van der Waals surface area contributed by atoms with Crippen molar-refractivity contribution in [2.75, 3.05) is 14.2 Å². The monoisotopic (exact) mass is 307 g/mol. The molecule has 0 unspecified atom stereocenters. The second-order valence-electron chi connectivity index (χ2n) is 4.76. The fraction of sp³-hybridized carbons (Fsp3) is 0.333. The van der Waals surface area contributed by atoms with Crippen LogP contribution in [-0.4, -0.2) is 30.3 Å². The van der Waals surface area contributed by atoms with Gasteiger partial charge in [0.15, 0.2) is 11.5 Å². The van der Waals surface area contributed by atoms with Crippen LogP contribution in [0.15, 0.2) is 18.2 Å². The zero-order valence-corrected chi connectivity index (χ0v) is 13.2. The first-order chi connectivity index (χ1) is 9.97. The van der Waals surface area contributed by atoms with Gasteiger partial charge in [-0.05, 0) is 18.2 Å². The Morgan fingerprint density at radius 3 is 2.43 bits per heavy atom. The molecule has 0 fully saturated rings. The molecular weight excluding hydrogens is 290 g/mol. The van der Waals surface area contributed by atoms with Gasteiger partial charge in [0.2, 0.25) is 0 Å². The molecule has 0 radical (unpaired) electrons. The van der Waals surface area contributed by atoms with E-state index in [0.29, 0.717) is 22.8 Å². The molecule has 0 saturated carbocycles. The summed E-state index contributed by atoms with van der Waals surface area (Å²) in [6.45, 7) is 3.98. The van der Waals surface area contributed by atoms with E-state index in [1.807, 2.05) is 13.8 Å². The minimum Gasteiger partial charge on any atom is -0.493 e. The third kappa shape index (κ3) is 3.00. The molecule has 1 heterocycles. The summed E-state index contributed by atoms with van der Waals surface area (Å²) in [5.41, 5.74) is 1.17. The van der Waals surface area contributed by atoms with E-state index in [0.717, 1.165) is 5.01 Å². The lowest BCUT2D eigenvalue weighted by Crippen LogP contribution is -1.96. The summed E-state index contributed by atoms with van der Waals surface area (Å²) >= 11 is 1.21. The summed E-state index contributed by atoms with van der Waals surface area (Å²) in [4.78, 5) is 16.1. The van der Waals surface area contributed by atoms with Gasteiger partial charge >= 0.3 is 5.97 Å². The molecule has 0 aliphatic rings. The van der Waals surface area contributed by atoms with E-state index in [1.54, 1.807) is 32.4 Å². The number of nitrogens with zero attached hydrogens (tertiary/aromatic N) is 1. The van der Waals surface area contributed by atoms with Gasteiger partial charge in [-0.15, -0.1) is 11.3 Å². The number of ether oxygens (including phenoxy) is 2. The van der Waals surface area contributed by atoms with Gasteiger partial charge in [-0.3, -0.25) is 0 Å². The Labute approximate surface area is 127 Å².